The molecule has 0 atom stereocenters. The van der Waals surface area contributed by atoms with Crippen LogP contribution in [0.5, 0.6) is 28.7 Å². The molecule has 0 amide bonds. The largest absolute Gasteiger partial charge is 1.00 e. The predicted molar refractivity (Wildman–Crippen MR) is 82.8 cm³/mol. The summed E-state index contributed by atoms with van der Waals surface area (Å²) in [6, 6.07) is 4.84. The van der Waals surface area contributed by atoms with E-state index in [1.54, 1.807) is 0 Å². The maximum Gasteiger partial charge on any atom is 1.00 e. The van der Waals surface area contributed by atoms with Gasteiger partial charge in [0.05, 0.1) is 0 Å². The Morgan fingerprint density at radius 1 is 1.00 bits per heavy atom. The molecule has 3 rings (SSSR count). The number of aromatic hydroxyl groups is 4. The van der Waals surface area contributed by atoms with Gasteiger partial charge in [-0.15, -0.1) is 0 Å². The Morgan fingerprint density at radius 3 is 2.30 bits per heavy atom. The molecule has 0 aliphatic carbocycles. The number of phenolic OH excluding ortho intramolecular Hbond substituents is 3. The predicted octanol–water partition coefficient (Wildman–Crippen LogP) is -2.51. The Balaban J connectivity index is 0.00000261. The summed E-state index contributed by atoms with van der Waals surface area (Å²) in [5.41, 5.74) is -1.41. The molecule has 0 aliphatic rings. The number of hydrogen-bond donors (Lipinski definition) is 4. The molecule has 0 saturated heterocycles. The van der Waals surface area contributed by atoms with Crippen molar-refractivity contribution in [1.82, 2.24) is 0 Å². The Morgan fingerprint density at radius 2 is 1.67 bits per heavy atom. The van der Waals surface area contributed by atoms with Crippen LogP contribution in [0.25, 0.3) is 22.3 Å². The first-order valence-electron chi connectivity index (χ1n) is 6.83. The number of hydrogen-bond acceptors (Lipinski definition) is 10. The number of fused-ring (bicyclic) bond motifs is 1. The molecule has 1 heterocycles. The van der Waals surface area contributed by atoms with E-state index in [1.807, 2.05) is 0 Å². The minimum atomic E-state index is -5.48. The third-order valence-electron chi connectivity index (χ3n) is 3.37. The molecule has 1 aromatic heterocycles. The standard InChI is InChI=1S/C15H11O10P.K/c16-7-4-9(18)12-11(5-7)24-15(14(20)13(12)19)6-1-2-8(17)10(3-6)25-26(21,22)23;/h1-5,16-18,20H,(H2,21,22,23);/q;+1/p-2. The molecule has 0 saturated carbocycles. The zero-order chi connectivity index (χ0) is 19.2. The van der Waals surface area contributed by atoms with Gasteiger partial charge in [-0.3, -0.25) is 4.79 Å². The summed E-state index contributed by atoms with van der Waals surface area (Å²) in [5, 5.41) is 38.5. The molecule has 4 N–H and O–H groups in total. The van der Waals surface area contributed by atoms with Crippen LogP contribution >= 0.6 is 7.82 Å². The molecule has 136 valence electrons. The van der Waals surface area contributed by atoms with Gasteiger partial charge in [0.15, 0.2) is 17.3 Å². The van der Waals surface area contributed by atoms with Gasteiger partial charge in [0, 0.05) is 17.7 Å². The zero-order valence-corrected chi connectivity index (χ0v) is 17.6. The molecular weight excluding hydrogens is 410 g/mol. The molecule has 10 nitrogen and oxygen atoms in total. The summed E-state index contributed by atoms with van der Waals surface area (Å²) in [6.45, 7) is 0. The Kier molecular flexibility index (Phi) is 6.29. The summed E-state index contributed by atoms with van der Waals surface area (Å²) < 4.78 is 20.1. The van der Waals surface area contributed by atoms with Gasteiger partial charge < -0.3 is 43.7 Å². The van der Waals surface area contributed by atoms with Gasteiger partial charge in [0.25, 0.3) is 0 Å². The van der Waals surface area contributed by atoms with Crippen molar-refractivity contribution in [3.05, 3.63) is 40.6 Å². The molecule has 0 bridgehead atoms. The van der Waals surface area contributed by atoms with E-state index in [4.69, 9.17) is 4.42 Å². The van der Waals surface area contributed by atoms with E-state index >= 15 is 0 Å². The monoisotopic (exact) mass is 419 g/mol. The normalized spacial score (nSPS) is 11.2. The van der Waals surface area contributed by atoms with Crippen molar-refractivity contribution in [3.63, 3.8) is 0 Å². The van der Waals surface area contributed by atoms with Gasteiger partial charge in [-0.2, -0.15) is 0 Å². The van der Waals surface area contributed by atoms with Gasteiger partial charge in [0.2, 0.25) is 11.2 Å². The van der Waals surface area contributed by atoms with Crippen LogP contribution < -0.4 is 71.1 Å². The number of benzene rings is 2. The maximum atomic E-state index is 12.3. The Labute approximate surface area is 192 Å². The average molecular weight is 419 g/mol. The molecule has 2 aromatic carbocycles. The molecule has 0 radical (unpaired) electrons. The second-order valence-corrected chi connectivity index (χ2v) is 6.24. The van der Waals surface area contributed by atoms with Gasteiger partial charge >= 0.3 is 51.4 Å². The molecular formula is C15H9KO10P-. The minimum Gasteiger partial charge on any atom is -0.780 e. The first-order valence-corrected chi connectivity index (χ1v) is 8.29. The zero-order valence-electron chi connectivity index (χ0n) is 13.6. The van der Waals surface area contributed by atoms with Crippen molar-refractivity contribution >= 4 is 18.8 Å². The quantitative estimate of drug-likeness (QED) is 0.261. The summed E-state index contributed by atoms with van der Waals surface area (Å²) >= 11 is 0. The van der Waals surface area contributed by atoms with E-state index in [9.17, 15) is 39.6 Å². The summed E-state index contributed by atoms with van der Waals surface area (Å²) in [5.74, 6) is -3.85. The summed E-state index contributed by atoms with van der Waals surface area (Å²) in [7, 11) is -5.48. The molecule has 0 fully saturated rings. The van der Waals surface area contributed by atoms with Crippen molar-refractivity contribution in [2.24, 2.45) is 0 Å². The minimum absolute atomic E-state index is 0. The number of phosphoric ester groups is 1. The fraction of sp³-hybridized carbons (Fsp3) is 0. The van der Waals surface area contributed by atoms with Gasteiger partial charge in [0.1, 0.15) is 30.3 Å². The molecule has 0 aliphatic heterocycles. The van der Waals surface area contributed by atoms with E-state index < -0.39 is 47.8 Å². The summed E-state index contributed by atoms with van der Waals surface area (Å²) in [4.78, 5) is 33.7. The van der Waals surface area contributed by atoms with Crippen LogP contribution in [-0.4, -0.2) is 20.4 Å². The van der Waals surface area contributed by atoms with E-state index in [0.29, 0.717) is 0 Å². The Bertz CT molecular complexity index is 1130. The molecule has 0 spiro atoms. The fourth-order valence-corrected chi connectivity index (χ4v) is 2.71. The van der Waals surface area contributed by atoms with Gasteiger partial charge in [-0.25, -0.2) is 0 Å². The third kappa shape index (κ3) is 4.47. The van der Waals surface area contributed by atoms with Crippen LogP contribution in [0.2, 0.25) is 0 Å². The number of phosphoric acid groups is 1. The van der Waals surface area contributed by atoms with Crippen molar-refractivity contribution < 1.29 is 95.1 Å². The topological polar surface area (TPSA) is 184 Å². The molecule has 12 heteroatoms. The SMILES string of the molecule is O=c1c(O)c(-c2ccc(O)c(OP(=O)([O-])[O-])c2)oc2cc(O)cc(O)c12.[K+]. The van der Waals surface area contributed by atoms with Gasteiger partial charge in [-0.05, 0) is 18.2 Å². The van der Waals surface area contributed by atoms with Crippen molar-refractivity contribution in [2.45, 2.75) is 0 Å². The van der Waals surface area contributed by atoms with Crippen LogP contribution in [0.15, 0.2) is 39.5 Å². The van der Waals surface area contributed by atoms with Crippen molar-refractivity contribution in [3.8, 4) is 40.1 Å². The first-order chi connectivity index (χ1) is 12.1. The van der Waals surface area contributed by atoms with E-state index in [2.05, 4.69) is 4.52 Å². The van der Waals surface area contributed by atoms with Crippen LogP contribution in [0.4, 0.5) is 0 Å². The third-order valence-corrected chi connectivity index (χ3v) is 3.79. The van der Waals surface area contributed by atoms with E-state index in [0.717, 1.165) is 30.3 Å². The second kappa shape index (κ2) is 7.82. The van der Waals surface area contributed by atoms with Crippen LogP contribution in [0.1, 0.15) is 0 Å². The number of rotatable bonds is 3. The van der Waals surface area contributed by atoms with Crippen LogP contribution in [0.3, 0.4) is 0 Å². The van der Waals surface area contributed by atoms with E-state index in [1.165, 1.54) is 0 Å². The molecule has 27 heavy (non-hydrogen) atoms. The van der Waals surface area contributed by atoms with Crippen molar-refractivity contribution in [2.75, 3.05) is 0 Å². The molecule has 0 unspecified atom stereocenters. The first kappa shape index (κ1) is 21.7. The van der Waals surface area contributed by atoms with E-state index in [-0.39, 0.29) is 67.9 Å². The Hall–Kier alpha value is -1.56. The number of phenols is 3. The summed E-state index contributed by atoms with van der Waals surface area (Å²) in [6.07, 6.45) is 0. The molecule has 3 aromatic rings. The smallest absolute Gasteiger partial charge is 0.780 e. The fourth-order valence-electron chi connectivity index (χ4n) is 2.32. The second-order valence-electron chi connectivity index (χ2n) is 5.17. The van der Waals surface area contributed by atoms with Crippen molar-refractivity contribution in [1.29, 1.82) is 0 Å². The van der Waals surface area contributed by atoms with Crippen LogP contribution in [0, 0.1) is 0 Å². The maximum absolute atomic E-state index is 12.3. The van der Waals surface area contributed by atoms with Crippen LogP contribution in [-0.2, 0) is 4.57 Å². The van der Waals surface area contributed by atoms with Gasteiger partial charge in [-0.1, -0.05) is 0 Å². The average Bonchev–Trinajstić information content (AvgIpc) is 2.51.